The molecule has 7 nitrogen and oxygen atoms in total. The molecule has 0 unspecified atom stereocenters. The monoisotopic (exact) mass is 427 g/mol. The SMILES string of the molecule is Cc1ccnc(Nc2cccc(-c3cnc(N(C)CCC/C=C(\F)C(=O)O)s3)n2)c1. The van der Waals surface area contributed by atoms with E-state index in [1.807, 2.05) is 49.2 Å². The molecule has 156 valence electrons. The number of carboxylic acid groups (broad SMARTS) is 1. The maximum Gasteiger partial charge on any atom is 0.364 e. The molecule has 3 rings (SSSR count). The van der Waals surface area contributed by atoms with Gasteiger partial charge in [-0.1, -0.05) is 17.4 Å². The van der Waals surface area contributed by atoms with Crippen LogP contribution in [-0.4, -0.2) is 39.6 Å². The van der Waals surface area contributed by atoms with Crippen molar-refractivity contribution in [3.05, 3.63) is 60.2 Å². The summed E-state index contributed by atoms with van der Waals surface area (Å²) in [4.78, 5) is 26.7. The maximum atomic E-state index is 13.0. The van der Waals surface area contributed by atoms with Gasteiger partial charge in [0.25, 0.3) is 0 Å². The first-order valence-corrected chi connectivity index (χ1v) is 10.2. The van der Waals surface area contributed by atoms with Gasteiger partial charge in [0, 0.05) is 26.0 Å². The quantitative estimate of drug-likeness (QED) is 0.374. The summed E-state index contributed by atoms with van der Waals surface area (Å²) in [5, 5.41) is 12.5. The van der Waals surface area contributed by atoms with Crippen LogP contribution in [0.3, 0.4) is 0 Å². The lowest BCUT2D eigenvalue weighted by Gasteiger charge is -2.14. The Morgan fingerprint density at radius 3 is 2.90 bits per heavy atom. The van der Waals surface area contributed by atoms with E-state index in [0.717, 1.165) is 33.2 Å². The maximum absolute atomic E-state index is 13.0. The van der Waals surface area contributed by atoms with Crippen LogP contribution in [0.1, 0.15) is 18.4 Å². The number of nitrogens with zero attached hydrogens (tertiary/aromatic N) is 4. The number of unbranched alkanes of at least 4 members (excludes halogenated alkanes) is 1. The highest BCUT2D eigenvalue weighted by atomic mass is 32.1. The van der Waals surface area contributed by atoms with Crippen molar-refractivity contribution < 1.29 is 14.3 Å². The van der Waals surface area contributed by atoms with Gasteiger partial charge in [0.2, 0.25) is 5.83 Å². The Kier molecular flexibility index (Phi) is 7.08. The minimum Gasteiger partial charge on any atom is -0.476 e. The average molecular weight is 428 g/mol. The van der Waals surface area contributed by atoms with Crippen molar-refractivity contribution in [2.45, 2.75) is 19.8 Å². The van der Waals surface area contributed by atoms with E-state index < -0.39 is 11.8 Å². The fourth-order valence-electron chi connectivity index (χ4n) is 2.68. The number of rotatable bonds is 9. The largest absolute Gasteiger partial charge is 0.476 e. The molecule has 0 radical (unpaired) electrons. The third-order valence-corrected chi connectivity index (χ3v) is 5.35. The first kappa shape index (κ1) is 21.4. The van der Waals surface area contributed by atoms with Gasteiger partial charge in [-0.25, -0.2) is 19.7 Å². The van der Waals surface area contributed by atoms with Crippen LogP contribution >= 0.6 is 11.3 Å². The second-order valence-corrected chi connectivity index (χ2v) is 7.69. The summed E-state index contributed by atoms with van der Waals surface area (Å²) < 4.78 is 13.0. The van der Waals surface area contributed by atoms with Crippen LogP contribution in [0, 0.1) is 6.92 Å². The Morgan fingerprint density at radius 1 is 1.30 bits per heavy atom. The molecule has 3 aromatic rings. The van der Waals surface area contributed by atoms with Gasteiger partial charge in [0.1, 0.15) is 11.6 Å². The summed E-state index contributed by atoms with van der Waals surface area (Å²) in [7, 11) is 1.90. The molecule has 0 bridgehead atoms. The fraction of sp³-hybridized carbons (Fsp3) is 0.238. The van der Waals surface area contributed by atoms with Crippen molar-refractivity contribution in [3.63, 3.8) is 0 Å². The summed E-state index contributed by atoms with van der Waals surface area (Å²) >= 11 is 1.51. The van der Waals surface area contributed by atoms with Gasteiger partial charge in [0.05, 0.1) is 10.6 Å². The Morgan fingerprint density at radius 2 is 2.13 bits per heavy atom. The number of nitrogens with one attached hydrogen (secondary N) is 1. The molecule has 0 atom stereocenters. The van der Waals surface area contributed by atoms with E-state index in [4.69, 9.17) is 5.11 Å². The summed E-state index contributed by atoms with van der Waals surface area (Å²) in [5.74, 6) is -1.22. The second-order valence-electron chi connectivity index (χ2n) is 6.68. The van der Waals surface area contributed by atoms with Gasteiger partial charge >= 0.3 is 5.97 Å². The van der Waals surface area contributed by atoms with Crippen molar-refractivity contribution in [1.29, 1.82) is 0 Å². The van der Waals surface area contributed by atoms with Gasteiger partial charge in [-0.2, -0.15) is 4.39 Å². The zero-order chi connectivity index (χ0) is 21.5. The zero-order valence-corrected chi connectivity index (χ0v) is 17.5. The van der Waals surface area contributed by atoms with Gasteiger partial charge in [-0.3, -0.25) is 0 Å². The Labute approximate surface area is 178 Å². The Balaban J connectivity index is 1.62. The third kappa shape index (κ3) is 5.84. The number of aryl methyl sites for hydroxylation is 1. The van der Waals surface area contributed by atoms with Crippen LogP contribution in [0.5, 0.6) is 0 Å². The first-order chi connectivity index (χ1) is 14.4. The Bertz CT molecular complexity index is 1050. The number of thiazole rings is 1. The summed E-state index contributed by atoms with van der Waals surface area (Å²) in [6.45, 7) is 2.63. The van der Waals surface area contributed by atoms with Crippen molar-refractivity contribution in [2.75, 3.05) is 23.8 Å². The lowest BCUT2D eigenvalue weighted by atomic mass is 10.2. The molecule has 0 fully saturated rings. The molecule has 9 heteroatoms. The molecular formula is C21H22FN5O2S. The number of hydrogen-bond acceptors (Lipinski definition) is 7. The van der Waals surface area contributed by atoms with Crippen LogP contribution in [0.25, 0.3) is 10.6 Å². The lowest BCUT2D eigenvalue weighted by Crippen LogP contribution is -2.17. The van der Waals surface area contributed by atoms with Crippen LogP contribution in [0.2, 0.25) is 0 Å². The number of aliphatic carboxylic acids is 1. The molecule has 0 spiro atoms. The van der Waals surface area contributed by atoms with E-state index in [1.165, 1.54) is 11.3 Å². The summed E-state index contributed by atoms with van der Waals surface area (Å²) in [6.07, 6.45) is 5.58. The number of aromatic nitrogens is 3. The number of anilines is 3. The highest BCUT2D eigenvalue weighted by Gasteiger charge is 2.11. The van der Waals surface area contributed by atoms with Crippen LogP contribution in [-0.2, 0) is 4.79 Å². The van der Waals surface area contributed by atoms with E-state index in [1.54, 1.807) is 12.4 Å². The van der Waals surface area contributed by atoms with Crippen LogP contribution in [0.15, 0.2) is 54.6 Å². The molecule has 3 aromatic heterocycles. The van der Waals surface area contributed by atoms with E-state index in [2.05, 4.69) is 20.3 Å². The number of allylic oxidation sites excluding steroid dienone is 1. The van der Waals surface area contributed by atoms with E-state index in [-0.39, 0.29) is 0 Å². The molecule has 30 heavy (non-hydrogen) atoms. The molecule has 0 aromatic carbocycles. The number of carboxylic acids is 1. The zero-order valence-electron chi connectivity index (χ0n) is 16.7. The topological polar surface area (TPSA) is 91.2 Å². The summed E-state index contributed by atoms with van der Waals surface area (Å²) in [6, 6.07) is 9.61. The molecular weight excluding hydrogens is 405 g/mol. The predicted octanol–water partition coefficient (Wildman–Crippen LogP) is 4.81. The molecule has 0 aliphatic rings. The van der Waals surface area contributed by atoms with E-state index >= 15 is 0 Å². The van der Waals surface area contributed by atoms with Gasteiger partial charge in [-0.15, -0.1) is 0 Å². The number of pyridine rings is 2. The van der Waals surface area contributed by atoms with Crippen LogP contribution in [0.4, 0.5) is 21.2 Å². The lowest BCUT2D eigenvalue weighted by molar-refractivity contribution is -0.134. The molecule has 2 N–H and O–H groups in total. The Hall–Kier alpha value is -3.33. The van der Waals surface area contributed by atoms with Crippen molar-refractivity contribution in [1.82, 2.24) is 15.0 Å². The molecule has 0 saturated carbocycles. The summed E-state index contributed by atoms with van der Waals surface area (Å²) in [5.41, 5.74) is 1.91. The number of hydrogen-bond donors (Lipinski definition) is 2. The normalized spacial score (nSPS) is 11.4. The van der Waals surface area contributed by atoms with Gasteiger partial charge < -0.3 is 15.3 Å². The van der Waals surface area contributed by atoms with E-state index in [9.17, 15) is 9.18 Å². The van der Waals surface area contributed by atoms with E-state index in [0.29, 0.717) is 25.2 Å². The van der Waals surface area contributed by atoms with Crippen molar-refractivity contribution >= 4 is 34.1 Å². The fourth-order valence-corrected chi connectivity index (χ4v) is 3.55. The number of carbonyl (C=O) groups is 1. The van der Waals surface area contributed by atoms with Crippen LogP contribution < -0.4 is 10.2 Å². The predicted molar refractivity (Wildman–Crippen MR) is 117 cm³/mol. The second kappa shape index (κ2) is 9.93. The third-order valence-electron chi connectivity index (χ3n) is 4.22. The molecule has 0 amide bonds. The van der Waals surface area contributed by atoms with Gasteiger partial charge in [-0.05, 0) is 55.7 Å². The average Bonchev–Trinajstić information content (AvgIpc) is 3.21. The minimum absolute atomic E-state index is 0.350. The molecule has 3 heterocycles. The highest BCUT2D eigenvalue weighted by Crippen LogP contribution is 2.30. The minimum atomic E-state index is -1.53. The first-order valence-electron chi connectivity index (χ1n) is 9.35. The molecule has 0 aliphatic heterocycles. The molecule has 0 aliphatic carbocycles. The smallest absolute Gasteiger partial charge is 0.364 e. The van der Waals surface area contributed by atoms with Gasteiger partial charge in [0.15, 0.2) is 5.13 Å². The standard InChI is InChI=1S/C21H22FN5O2S/c1-14-9-10-23-19(12-14)26-18-8-5-7-16(25-18)17-13-24-21(30-17)27(2)11-4-3-6-15(22)20(28)29/h5-10,12-13H,3-4,11H2,1-2H3,(H,28,29)(H,23,25,26)/b15-6-. The highest BCUT2D eigenvalue weighted by molar-refractivity contribution is 7.18. The van der Waals surface area contributed by atoms with Crippen molar-refractivity contribution in [2.24, 2.45) is 0 Å². The number of halogens is 1. The van der Waals surface area contributed by atoms with Crippen molar-refractivity contribution in [3.8, 4) is 10.6 Å². The molecule has 0 saturated heterocycles.